The molecular weight excluding hydrogens is 453 g/mol. The summed E-state index contributed by atoms with van der Waals surface area (Å²) >= 11 is 0. The van der Waals surface area contributed by atoms with Crippen LogP contribution in [0.4, 0.5) is 10.2 Å². The molecule has 0 atom stereocenters. The van der Waals surface area contributed by atoms with Crippen LogP contribution in [0.1, 0.15) is 30.8 Å². The summed E-state index contributed by atoms with van der Waals surface area (Å²) in [5.41, 5.74) is 5.46. The number of rotatable bonds is 8. The van der Waals surface area contributed by atoms with Crippen LogP contribution in [0.5, 0.6) is 0 Å². The van der Waals surface area contributed by atoms with Crippen molar-refractivity contribution >= 4 is 5.82 Å². The van der Waals surface area contributed by atoms with Crippen molar-refractivity contribution in [3.8, 4) is 17.1 Å². The van der Waals surface area contributed by atoms with Crippen molar-refractivity contribution in [2.75, 3.05) is 37.6 Å². The molecule has 1 saturated heterocycles. The van der Waals surface area contributed by atoms with Crippen LogP contribution in [0.25, 0.3) is 17.1 Å². The van der Waals surface area contributed by atoms with E-state index >= 15 is 0 Å². The van der Waals surface area contributed by atoms with Gasteiger partial charge in [-0.15, -0.1) is 0 Å². The van der Waals surface area contributed by atoms with Gasteiger partial charge in [0.15, 0.2) is 11.6 Å². The summed E-state index contributed by atoms with van der Waals surface area (Å²) in [5.74, 6) is 1.49. The third-order valence-electron chi connectivity index (χ3n) is 6.86. The van der Waals surface area contributed by atoms with Crippen molar-refractivity contribution in [1.82, 2.24) is 29.6 Å². The molecule has 3 aromatic heterocycles. The molecule has 0 aliphatic carbocycles. The normalized spacial score (nSPS) is 14.4. The van der Waals surface area contributed by atoms with Crippen LogP contribution in [0.2, 0.25) is 0 Å². The lowest BCUT2D eigenvalue weighted by molar-refractivity contribution is 0.260. The summed E-state index contributed by atoms with van der Waals surface area (Å²) in [6, 6.07) is 12.4. The molecule has 0 amide bonds. The Morgan fingerprint density at radius 3 is 2.31 bits per heavy atom. The summed E-state index contributed by atoms with van der Waals surface area (Å²) < 4.78 is 15.4. The van der Waals surface area contributed by atoms with E-state index in [-0.39, 0.29) is 5.82 Å². The predicted octanol–water partition coefficient (Wildman–Crippen LogP) is 4.35. The molecule has 36 heavy (non-hydrogen) atoms. The number of aromatic nitrogens is 5. The summed E-state index contributed by atoms with van der Waals surface area (Å²) in [6.07, 6.45) is 8.05. The lowest BCUT2D eigenvalue weighted by Gasteiger charge is -2.36. The van der Waals surface area contributed by atoms with Gasteiger partial charge < -0.3 is 4.90 Å². The second-order valence-corrected chi connectivity index (χ2v) is 8.99. The highest BCUT2D eigenvalue weighted by molar-refractivity contribution is 5.72. The Morgan fingerprint density at radius 2 is 1.61 bits per heavy atom. The van der Waals surface area contributed by atoms with Gasteiger partial charge in [0.1, 0.15) is 11.5 Å². The first kappa shape index (κ1) is 24.1. The Hall–Kier alpha value is -3.65. The molecular formula is C28H32FN7. The molecule has 1 aliphatic heterocycles. The third-order valence-corrected chi connectivity index (χ3v) is 6.86. The van der Waals surface area contributed by atoms with E-state index in [1.165, 1.54) is 29.1 Å². The highest BCUT2D eigenvalue weighted by Crippen LogP contribution is 2.28. The zero-order chi connectivity index (χ0) is 24.9. The van der Waals surface area contributed by atoms with Gasteiger partial charge in [0, 0.05) is 62.6 Å². The molecule has 8 heteroatoms. The Kier molecular flexibility index (Phi) is 7.32. The zero-order valence-electron chi connectivity index (χ0n) is 20.9. The maximum atomic E-state index is 13.4. The van der Waals surface area contributed by atoms with Crippen LogP contribution < -0.4 is 4.90 Å². The number of piperazine rings is 1. The lowest BCUT2D eigenvalue weighted by atomic mass is 10.1. The minimum Gasteiger partial charge on any atom is -0.352 e. The summed E-state index contributed by atoms with van der Waals surface area (Å²) in [6.45, 7) is 9.02. The van der Waals surface area contributed by atoms with E-state index in [0.717, 1.165) is 74.9 Å². The van der Waals surface area contributed by atoms with Crippen molar-refractivity contribution < 1.29 is 4.39 Å². The number of pyridine rings is 1. The average Bonchev–Trinajstić information content (AvgIpc) is 3.31. The van der Waals surface area contributed by atoms with Gasteiger partial charge >= 0.3 is 0 Å². The number of halogens is 1. The van der Waals surface area contributed by atoms with E-state index in [0.29, 0.717) is 0 Å². The number of benzene rings is 1. The van der Waals surface area contributed by atoms with E-state index in [9.17, 15) is 4.39 Å². The van der Waals surface area contributed by atoms with Gasteiger partial charge in [-0.25, -0.2) is 19.0 Å². The predicted molar refractivity (Wildman–Crippen MR) is 140 cm³/mol. The third kappa shape index (κ3) is 4.99. The minimum absolute atomic E-state index is 0.249. The fourth-order valence-electron chi connectivity index (χ4n) is 4.97. The lowest BCUT2D eigenvalue weighted by Crippen LogP contribution is -2.47. The van der Waals surface area contributed by atoms with Crippen LogP contribution in [-0.4, -0.2) is 62.4 Å². The molecule has 0 bridgehead atoms. The Labute approximate surface area is 211 Å². The molecule has 1 aromatic carbocycles. The fraction of sp³-hybridized carbons (Fsp3) is 0.357. The average molecular weight is 486 g/mol. The SMILES string of the molecule is CCc1nn(-c2ccccn2)c(CC)c1CCN1CCN(c2nccnc2-c2ccc(F)cc2)CC1. The first-order valence-corrected chi connectivity index (χ1v) is 12.7. The maximum Gasteiger partial charge on any atom is 0.155 e. The van der Waals surface area contributed by atoms with Gasteiger partial charge in [-0.3, -0.25) is 9.88 Å². The number of hydrogen-bond acceptors (Lipinski definition) is 6. The van der Waals surface area contributed by atoms with Crippen molar-refractivity contribution in [3.05, 3.63) is 83.8 Å². The van der Waals surface area contributed by atoms with E-state index < -0.39 is 0 Å². The van der Waals surface area contributed by atoms with Gasteiger partial charge in [0.05, 0.1) is 5.69 Å². The van der Waals surface area contributed by atoms with Crippen LogP contribution in [-0.2, 0) is 19.3 Å². The van der Waals surface area contributed by atoms with Gasteiger partial charge in [-0.05, 0) is 61.2 Å². The Morgan fingerprint density at radius 1 is 0.833 bits per heavy atom. The minimum atomic E-state index is -0.249. The molecule has 4 aromatic rings. The number of nitrogens with zero attached hydrogens (tertiary/aromatic N) is 7. The molecule has 4 heterocycles. The highest BCUT2D eigenvalue weighted by Gasteiger charge is 2.23. The van der Waals surface area contributed by atoms with E-state index in [1.807, 2.05) is 29.1 Å². The van der Waals surface area contributed by atoms with Crippen molar-refractivity contribution in [2.45, 2.75) is 33.1 Å². The van der Waals surface area contributed by atoms with Crippen molar-refractivity contribution in [2.24, 2.45) is 0 Å². The summed E-state index contributed by atoms with van der Waals surface area (Å²) in [4.78, 5) is 18.5. The molecule has 0 radical (unpaired) electrons. The Bertz CT molecular complexity index is 1280. The molecule has 0 N–H and O–H groups in total. The van der Waals surface area contributed by atoms with Gasteiger partial charge in [0.25, 0.3) is 0 Å². The van der Waals surface area contributed by atoms with E-state index in [2.05, 4.69) is 38.6 Å². The fourth-order valence-corrected chi connectivity index (χ4v) is 4.97. The molecule has 5 rings (SSSR count). The molecule has 1 fully saturated rings. The standard InChI is InChI=1S/C28H32FN7/c1-3-24-23(25(4-2)36(33-24)26-7-5-6-13-30-26)12-16-34-17-19-35(20-18-34)28-27(31-14-15-32-28)21-8-10-22(29)11-9-21/h5-11,13-15H,3-4,12,16-20H2,1-2H3. The van der Waals surface area contributed by atoms with Crippen LogP contribution in [0.15, 0.2) is 61.1 Å². The van der Waals surface area contributed by atoms with Crippen LogP contribution in [0, 0.1) is 5.82 Å². The van der Waals surface area contributed by atoms with Crippen molar-refractivity contribution in [3.63, 3.8) is 0 Å². The van der Waals surface area contributed by atoms with E-state index in [1.54, 1.807) is 24.5 Å². The zero-order valence-corrected chi connectivity index (χ0v) is 20.9. The number of hydrogen-bond donors (Lipinski definition) is 0. The highest BCUT2D eigenvalue weighted by atomic mass is 19.1. The molecule has 186 valence electrons. The summed E-state index contributed by atoms with van der Waals surface area (Å²) in [5, 5.41) is 4.92. The quantitative estimate of drug-likeness (QED) is 0.370. The molecule has 0 saturated carbocycles. The smallest absolute Gasteiger partial charge is 0.155 e. The second-order valence-electron chi connectivity index (χ2n) is 8.99. The largest absolute Gasteiger partial charge is 0.352 e. The van der Waals surface area contributed by atoms with Crippen molar-refractivity contribution in [1.29, 1.82) is 0 Å². The maximum absolute atomic E-state index is 13.4. The van der Waals surface area contributed by atoms with Gasteiger partial charge in [0.2, 0.25) is 0 Å². The van der Waals surface area contributed by atoms with Crippen LogP contribution >= 0.6 is 0 Å². The molecule has 1 aliphatic rings. The van der Waals surface area contributed by atoms with E-state index in [4.69, 9.17) is 5.10 Å². The van der Waals surface area contributed by atoms with Crippen LogP contribution in [0.3, 0.4) is 0 Å². The monoisotopic (exact) mass is 485 g/mol. The van der Waals surface area contributed by atoms with Gasteiger partial charge in [-0.1, -0.05) is 19.9 Å². The molecule has 0 spiro atoms. The molecule has 0 unspecified atom stereocenters. The first-order valence-electron chi connectivity index (χ1n) is 12.7. The second kappa shape index (κ2) is 11.0. The number of anilines is 1. The summed E-state index contributed by atoms with van der Waals surface area (Å²) in [7, 11) is 0. The number of aryl methyl sites for hydroxylation is 1. The topological polar surface area (TPSA) is 63.0 Å². The Balaban J connectivity index is 1.26. The first-order chi connectivity index (χ1) is 17.7. The van der Waals surface area contributed by atoms with Gasteiger partial charge in [-0.2, -0.15) is 5.10 Å². The molecule has 7 nitrogen and oxygen atoms in total.